The number of hydrogen-bond acceptors (Lipinski definition) is 2. The molecule has 0 spiro atoms. The first-order chi connectivity index (χ1) is 11.5. The summed E-state index contributed by atoms with van der Waals surface area (Å²) in [4.78, 5) is 2.73. The third-order valence-electron chi connectivity index (χ3n) is 4.34. The van der Waals surface area contributed by atoms with Gasteiger partial charge in [0.15, 0.2) is 0 Å². The molecule has 0 nitrogen and oxygen atoms in total. The van der Waals surface area contributed by atoms with Gasteiger partial charge in [-0.3, -0.25) is 0 Å². The van der Waals surface area contributed by atoms with Gasteiger partial charge >= 0.3 is 26.2 Å². The Hall–Kier alpha value is -0.437. The van der Waals surface area contributed by atoms with Crippen LogP contribution in [0.15, 0.2) is 59.3 Å². The fourth-order valence-electron chi connectivity index (χ4n) is 2.64. The molecule has 27 heavy (non-hydrogen) atoms. The Morgan fingerprint density at radius 3 is 1.11 bits per heavy atom. The average Bonchev–Trinajstić information content (AvgIpc) is 3.32. The van der Waals surface area contributed by atoms with Crippen molar-refractivity contribution in [3.05, 3.63) is 81.5 Å². The third kappa shape index (κ3) is 6.84. The zero-order valence-corrected chi connectivity index (χ0v) is 21.4. The van der Waals surface area contributed by atoms with Gasteiger partial charge in [0.25, 0.3) is 0 Å². The Balaban J connectivity index is 0.000000451. The van der Waals surface area contributed by atoms with Crippen molar-refractivity contribution < 1.29 is 51.0 Å². The summed E-state index contributed by atoms with van der Waals surface area (Å²) in [5, 5.41) is 4.24. The van der Waals surface area contributed by atoms with E-state index < -0.39 is 0 Å². The van der Waals surface area contributed by atoms with E-state index in [2.05, 4.69) is 87.0 Å². The number of halogens is 2. The second kappa shape index (κ2) is 12.2. The predicted octanol–water partition coefficient (Wildman–Crippen LogP) is 1.51. The molecule has 0 aliphatic carbocycles. The van der Waals surface area contributed by atoms with Crippen molar-refractivity contribution in [1.82, 2.24) is 0 Å². The molecule has 0 aliphatic heterocycles. The maximum Gasteiger partial charge on any atom is 4.00 e. The van der Waals surface area contributed by atoms with Gasteiger partial charge in [0.05, 0.1) is 0 Å². The monoisotopic (exact) mass is 510 g/mol. The summed E-state index contributed by atoms with van der Waals surface area (Å²) in [7, 11) is 0. The molecule has 0 atom stereocenters. The molecule has 140 valence electrons. The maximum absolute atomic E-state index is 2.25. The molecule has 0 N–H and O–H groups in total. The average molecular weight is 513 g/mol. The molecule has 0 radical (unpaired) electrons. The van der Waals surface area contributed by atoms with Crippen LogP contribution in [-0.4, -0.2) is 0 Å². The first kappa shape index (κ1) is 26.6. The summed E-state index contributed by atoms with van der Waals surface area (Å²) in [6, 6.07) is 17.5. The SMILES string of the molecule is Cc1c[c-](-c2cccs2)cc1C.Cc1c[c-](-c2cccs2)cc1C.[Cl-].[Cl-].[Zr+4]. The number of rotatable bonds is 2. The van der Waals surface area contributed by atoms with E-state index in [0.717, 1.165) is 0 Å². The van der Waals surface area contributed by atoms with Crippen molar-refractivity contribution in [3.8, 4) is 20.9 Å². The van der Waals surface area contributed by atoms with Crippen LogP contribution in [0.5, 0.6) is 0 Å². The first-order valence-corrected chi connectivity index (χ1v) is 9.86. The molecular weight excluding hydrogens is 491 g/mol. The molecule has 4 aromatic rings. The van der Waals surface area contributed by atoms with Crippen LogP contribution in [0.25, 0.3) is 20.9 Å². The van der Waals surface area contributed by atoms with Crippen molar-refractivity contribution in [1.29, 1.82) is 0 Å². The molecule has 4 rings (SSSR count). The maximum atomic E-state index is 2.25. The standard InChI is InChI=1S/2C11H11S.2ClH.Zr/c2*1-8-6-10(7-9(8)2)11-4-3-5-12-11;;;/h2*3-7H,1-2H3;2*1H;/q2*-1;;;+4/p-2. The quantitative estimate of drug-likeness (QED) is 0.358. The van der Waals surface area contributed by atoms with Crippen molar-refractivity contribution in [2.75, 3.05) is 0 Å². The zero-order valence-electron chi connectivity index (χ0n) is 15.8. The summed E-state index contributed by atoms with van der Waals surface area (Å²) in [6.07, 6.45) is 0. The summed E-state index contributed by atoms with van der Waals surface area (Å²) in [6.45, 7) is 8.64. The van der Waals surface area contributed by atoms with Gasteiger partial charge in [0, 0.05) is 0 Å². The van der Waals surface area contributed by atoms with Crippen molar-refractivity contribution in [3.63, 3.8) is 0 Å². The Morgan fingerprint density at radius 1 is 0.593 bits per heavy atom. The van der Waals surface area contributed by atoms with Crippen LogP contribution in [0.3, 0.4) is 0 Å². The van der Waals surface area contributed by atoms with E-state index in [1.807, 2.05) is 0 Å². The molecule has 0 bridgehead atoms. The van der Waals surface area contributed by atoms with E-state index in [1.165, 1.54) is 43.1 Å². The molecule has 2 aromatic heterocycles. The summed E-state index contributed by atoms with van der Waals surface area (Å²) >= 11 is 3.60. The minimum Gasteiger partial charge on any atom is -1.00 e. The van der Waals surface area contributed by atoms with E-state index in [9.17, 15) is 0 Å². The largest absolute Gasteiger partial charge is 4.00 e. The van der Waals surface area contributed by atoms with Crippen molar-refractivity contribution in [2.24, 2.45) is 0 Å². The summed E-state index contributed by atoms with van der Waals surface area (Å²) < 4.78 is 0. The second-order valence-corrected chi connectivity index (χ2v) is 8.07. The molecular formula is C22H22Cl2S2Zr. The van der Waals surface area contributed by atoms with E-state index in [0.29, 0.717) is 0 Å². The summed E-state index contributed by atoms with van der Waals surface area (Å²) in [5.41, 5.74) is 8.27. The number of hydrogen-bond donors (Lipinski definition) is 0. The van der Waals surface area contributed by atoms with Crippen molar-refractivity contribution >= 4 is 22.7 Å². The Kier molecular flexibility index (Phi) is 12.0. The molecule has 0 aliphatic rings. The molecule has 0 saturated heterocycles. The van der Waals surface area contributed by atoms with Crippen LogP contribution < -0.4 is 24.8 Å². The minimum atomic E-state index is 0. The molecule has 2 heterocycles. The van der Waals surface area contributed by atoms with Crippen LogP contribution in [0.1, 0.15) is 22.3 Å². The van der Waals surface area contributed by atoms with Gasteiger partial charge in [-0.2, -0.15) is 44.9 Å². The van der Waals surface area contributed by atoms with Gasteiger partial charge < -0.3 is 24.8 Å². The van der Waals surface area contributed by atoms with Gasteiger partial charge in [0.2, 0.25) is 0 Å². The smallest absolute Gasteiger partial charge is 1.00 e. The van der Waals surface area contributed by atoms with Gasteiger partial charge in [-0.05, 0) is 20.5 Å². The molecule has 5 heteroatoms. The minimum absolute atomic E-state index is 0. The third-order valence-corrected chi connectivity index (χ3v) is 6.18. The molecule has 0 amide bonds. The topological polar surface area (TPSA) is 0 Å². The van der Waals surface area contributed by atoms with E-state index in [1.54, 1.807) is 22.7 Å². The van der Waals surface area contributed by atoms with Gasteiger partial charge in [-0.25, -0.2) is 0 Å². The second-order valence-electron chi connectivity index (χ2n) is 6.17. The van der Waals surface area contributed by atoms with Gasteiger partial charge in [0.1, 0.15) is 0 Å². The van der Waals surface area contributed by atoms with Crippen LogP contribution in [0, 0.1) is 27.7 Å². The van der Waals surface area contributed by atoms with Gasteiger partial charge in [-0.1, -0.05) is 51.0 Å². The molecule has 0 fully saturated rings. The van der Waals surface area contributed by atoms with Crippen LogP contribution in [0.2, 0.25) is 0 Å². The van der Waals surface area contributed by atoms with Crippen LogP contribution in [0.4, 0.5) is 0 Å². The Morgan fingerprint density at radius 2 is 0.889 bits per heavy atom. The number of aryl methyl sites for hydroxylation is 4. The Labute approximate surface area is 202 Å². The fourth-order valence-corrected chi connectivity index (χ4v) is 4.07. The van der Waals surface area contributed by atoms with E-state index >= 15 is 0 Å². The number of thiophene rings is 2. The predicted molar refractivity (Wildman–Crippen MR) is 110 cm³/mol. The van der Waals surface area contributed by atoms with E-state index in [-0.39, 0.29) is 51.0 Å². The van der Waals surface area contributed by atoms with Crippen LogP contribution >= 0.6 is 22.7 Å². The first-order valence-electron chi connectivity index (χ1n) is 8.10. The molecule has 0 saturated carbocycles. The molecule has 0 unspecified atom stereocenters. The fraction of sp³-hybridized carbons (Fsp3) is 0.182. The van der Waals surface area contributed by atoms with Crippen LogP contribution in [-0.2, 0) is 26.2 Å². The van der Waals surface area contributed by atoms with Gasteiger partial charge in [-0.15, -0.1) is 36.4 Å². The molecule has 2 aromatic carbocycles. The normalized spacial score (nSPS) is 9.33. The van der Waals surface area contributed by atoms with Crippen molar-refractivity contribution in [2.45, 2.75) is 27.7 Å². The summed E-state index contributed by atoms with van der Waals surface area (Å²) in [5.74, 6) is 0. The van der Waals surface area contributed by atoms with E-state index in [4.69, 9.17) is 0 Å². The Bertz CT molecular complexity index is 785. The zero-order chi connectivity index (χ0) is 17.1.